The molecule has 11 aromatic rings. The van der Waals surface area contributed by atoms with Gasteiger partial charge >= 0.3 is 0 Å². The van der Waals surface area contributed by atoms with E-state index in [9.17, 15) is 0 Å². The molecule has 56 heavy (non-hydrogen) atoms. The molecule has 0 spiro atoms. The Balaban J connectivity index is 1.07. The summed E-state index contributed by atoms with van der Waals surface area (Å²) < 4.78 is 2.39. The van der Waals surface area contributed by atoms with Crippen LogP contribution in [-0.4, -0.2) is 4.57 Å². The Morgan fingerprint density at radius 1 is 0.321 bits per heavy atom. The summed E-state index contributed by atoms with van der Waals surface area (Å²) in [7, 11) is 0. The van der Waals surface area contributed by atoms with Gasteiger partial charge in [-0.2, -0.15) is 0 Å². The summed E-state index contributed by atoms with van der Waals surface area (Å²) in [4.78, 5) is 2.41. The first-order valence-electron chi connectivity index (χ1n) is 19.3. The molecule has 0 aliphatic carbocycles. The van der Waals surface area contributed by atoms with Crippen LogP contribution in [0.25, 0.3) is 82.1 Å². The van der Waals surface area contributed by atoms with Gasteiger partial charge in [0.05, 0.1) is 16.7 Å². The Morgan fingerprint density at radius 3 is 1.75 bits per heavy atom. The van der Waals surface area contributed by atoms with E-state index in [0.717, 1.165) is 22.7 Å². The summed E-state index contributed by atoms with van der Waals surface area (Å²) >= 11 is 0. The highest BCUT2D eigenvalue weighted by molar-refractivity contribution is 6.20. The lowest BCUT2D eigenvalue weighted by atomic mass is 9.94. The van der Waals surface area contributed by atoms with Crippen LogP contribution in [-0.2, 0) is 0 Å². The van der Waals surface area contributed by atoms with Crippen LogP contribution in [0.5, 0.6) is 0 Å². The van der Waals surface area contributed by atoms with Crippen LogP contribution in [0.15, 0.2) is 218 Å². The van der Waals surface area contributed by atoms with Gasteiger partial charge in [0.2, 0.25) is 0 Å². The second-order valence-corrected chi connectivity index (χ2v) is 14.5. The third-order valence-corrected chi connectivity index (χ3v) is 11.3. The predicted molar refractivity (Wildman–Crippen MR) is 239 cm³/mol. The maximum atomic E-state index is 2.41. The first-order valence-corrected chi connectivity index (χ1v) is 19.3. The van der Waals surface area contributed by atoms with Crippen LogP contribution in [0.2, 0.25) is 0 Å². The molecule has 1 aromatic heterocycles. The second-order valence-electron chi connectivity index (χ2n) is 14.5. The van der Waals surface area contributed by atoms with E-state index >= 15 is 0 Å². The van der Waals surface area contributed by atoms with Gasteiger partial charge < -0.3 is 9.47 Å². The number of para-hydroxylation sites is 3. The van der Waals surface area contributed by atoms with Crippen LogP contribution < -0.4 is 4.90 Å². The smallest absolute Gasteiger partial charge is 0.0561 e. The molecule has 2 nitrogen and oxygen atoms in total. The third kappa shape index (κ3) is 5.26. The lowest BCUT2D eigenvalue weighted by Crippen LogP contribution is -2.11. The molecule has 0 radical (unpaired) electrons. The van der Waals surface area contributed by atoms with Crippen molar-refractivity contribution < 1.29 is 0 Å². The molecular weight excluding hydrogens is 677 g/mol. The molecule has 0 atom stereocenters. The van der Waals surface area contributed by atoms with E-state index in [0.29, 0.717) is 0 Å². The molecular formula is C54H36N2. The Morgan fingerprint density at radius 2 is 0.911 bits per heavy atom. The Kier molecular flexibility index (Phi) is 7.53. The van der Waals surface area contributed by atoms with Crippen molar-refractivity contribution in [2.75, 3.05) is 4.90 Å². The van der Waals surface area contributed by atoms with Crippen LogP contribution >= 0.6 is 0 Å². The monoisotopic (exact) mass is 712 g/mol. The van der Waals surface area contributed by atoms with E-state index < -0.39 is 0 Å². The molecule has 0 unspecified atom stereocenters. The number of anilines is 3. The highest BCUT2D eigenvalue weighted by Crippen LogP contribution is 2.44. The number of fused-ring (bicyclic) bond motifs is 8. The molecule has 0 N–H and O–H groups in total. The van der Waals surface area contributed by atoms with Crippen molar-refractivity contribution in [1.29, 1.82) is 0 Å². The standard InChI is InChI=1S/C54H36N2/c1-3-13-38(14-4-1)46-18-9-11-21-51(46)55(45-32-34-50-49-20-10-12-22-52(49)56(53(50)36-45)43-16-5-2-6-17-43)44-30-27-37(28-31-44)41-29-33-48-42(35-41)26-25-40-24-23-39-15-7-8-19-47(39)54(40)48/h1-36H. The van der Waals surface area contributed by atoms with Gasteiger partial charge in [-0.1, -0.05) is 164 Å². The highest BCUT2D eigenvalue weighted by Gasteiger charge is 2.20. The van der Waals surface area contributed by atoms with Gasteiger partial charge in [0.1, 0.15) is 0 Å². The molecule has 0 fully saturated rings. The summed E-state index contributed by atoms with van der Waals surface area (Å²) in [5.41, 5.74) is 11.6. The zero-order chi connectivity index (χ0) is 37.0. The van der Waals surface area contributed by atoms with Crippen molar-refractivity contribution in [2.24, 2.45) is 0 Å². The molecule has 0 bridgehead atoms. The molecule has 11 rings (SSSR count). The number of rotatable bonds is 6. The fourth-order valence-electron chi connectivity index (χ4n) is 8.73. The number of nitrogens with zero attached hydrogens (tertiary/aromatic N) is 2. The minimum absolute atomic E-state index is 1.09. The van der Waals surface area contributed by atoms with Crippen molar-refractivity contribution in [3.8, 4) is 27.9 Å². The average molecular weight is 713 g/mol. The quantitative estimate of drug-likeness (QED) is 0.156. The number of hydrogen-bond donors (Lipinski definition) is 0. The van der Waals surface area contributed by atoms with Gasteiger partial charge in [-0.25, -0.2) is 0 Å². The van der Waals surface area contributed by atoms with Crippen LogP contribution in [0.1, 0.15) is 0 Å². The number of benzene rings is 10. The lowest BCUT2D eigenvalue weighted by molar-refractivity contribution is 1.18. The highest BCUT2D eigenvalue weighted by atomic mass is 15.1. The van der Waals surface area contributed by atoms with Crippen molar-refractivity contribution in [2.45, 2.75) is 0 Å². The molecule has 0 aliphatic heterocycles. The molecule has 0 saturated carbocycles. The summed E-state index contributed by atoms with van der Waals surface area (Å²) in [6.45, 7) is 0. The zero-order valence-electron chi connectivity index (χ0n) is 30.7. The van der Waals surface area contributed by atoms with Gasteiger partial charge in [-0.3, -0.25) is 0 Å². The second kappa shape index (κ2) is 13.2. The topological polar surface area (TPSA) is 8.17 Å². The first kappa shape index (κ1) is 32.0. The van der Waals surface area contributed by atoms with Gasteiger partial charge in [0.25, 0.3) is 0 Å². The average Bonchev–Trinajstić information content (AvgIpc) is 3.61. The van der Waals surface area contributed by atoms with E-state index in [2.05, 4.69) is 228 Å². The largest absolute Gasteiger partial charge is 0.310 e. The van der Waals surface area contributed by atoms with Gasteiger partial charge in [0.15, 0.2) is 0 Å². The molecule has 0 saturated heterocycles. The normalized spacial score (nSPS) is 11.6. The Hall–Kier alpha value is -7.42. The molecule has 262 valence electrons. The minimum Gasteiger partial charge on any atom is -0.310 e. The summed E-state index contributed by atoms with van der Waals surface area (Å²) in [6, 6.07) is 79.5. The molecule has 0 amide bonds. The van der Waals surface area contributed by atoms with Crippen LogP contribution in [0.3, 0.4) is 0 Å². The van der Waals surface area contributed by atoms with Crippen molar-refractivity contribution in [1.82, 2.24) is 4.57 Å². The van der Waals surface area contributed by atoms with Gasteiger partial charge in [0, 0.05) is 33.4 Å². The fourth-order valence-corrected chi connectivity index (χ4v) is 8.73. The van der Waals surface area contributed by atoms with Crippen molar-refractivity contribution in [3.63, 3.8) is 0 Å². The maximum Gasteiger partial charge on any atom is 0.0561 e. The molecule has 2 heteroatoms. The Bertz CT molecular complexity index is 3230. The van der Waals surface area contributed by atoms with Crippen molar-refractivity contribution >= 4 is 71.2 Å². The molecule has 10 aromatic carbocycles. The van der Waals surface area contributed by atoms with E-state index in [1.165, 1.54) is 76.4 Å². The maximum absolute atomic E-state index is 2.41. The number of hydrogen-bond acceptors (Lipinski definition) is 1. The van der Waals surface area contributed by atoms with Crippen LogP contribution in [0.4, 0.5) is 17.1 Å². The van der Waals surface area contributed by atoms with Crippen LogP contribution in [0, 0.1) is 0 Å². The lowest BCUT2D eigenvalue weighted by Gasteiger charge is -2.28. The van der Waals surface area contributed by atoms with E-state index in [-0.39, 0.29) is 0 Å². The summed E-state index contributed by atoms with van der Waals surface area (Å²) in [6.07, 6.45) is 0. The van der Waals surface area contributed by atoms with Crippen molar-refractivity contribution in [3.05, 3.63) is 218 Å². The van der Waals surface area contributed by atoms with E-state index in [1.807, 2.05) is 0 Å². The summed E-state index contributed by atoms with van der Waals surface area (Å²) in [5, 5.41) is 10.2. The predicted octanol–water partition coefficient (Wildman–Crippen LogP) is 15.0. The molecule has 1 heterocycles. The molecule has 0 aliphatic rings. The fraction of sp³-hybridized carbons (Fsp3) is 0. The Labute approximate surface area is 325 Å². The van der Waals surface area contributed by atoms with E-state index in [4.69, 9.17) is 0 Å². The summed E-state index contributed by atoms with van der Waals surface area (Å²) in [5.74, 6) is 0. The van der Waals surface area contributed by atoms with E-state index in [1.54, 1.807) is 0 Å². The zero-order valence-corrected chi connectivity index (χ0v) is 30.7. The number of aromatic nitrogens is 1. The minimum atomic E-state index is 1.09. The first-order chi connectivity index (χ1) is 27.8. The third-order valence-electron chi connectivity index (χ3n) is 11.3. The SMILES string of the molecule is c1ccc(-c2ccccc2N(c2ccc(-c3ccc4c(ccc5ccc6ccccc6c54)c3)cc2)c2ccc3c4ccccc4n(-c4ccccc4)c3c2)cc1. The van der Waals surface area contributed by atoms with Gasteiger partial charge in [-0.15, -0.1) is 0 Å². The van der Waals surface area contributed by atoms with Gasteiger partial charge in [-0.05, 0) is 104 Å².